The van der Waals surface area contributed by atoms with Crippen LogP contribution in [0.5, 0.6) is 0 Å². The maximum Gasteiger partial charge on any atom is 0.175 e. The Bertz CT molecular complexity index is 662. The number of anilines is 1. The predicted molar refractivity (Wildman–Crippen MR) is 70.4 cm³/mol. The quantitative estimate of drug-likeness (QED) is 0.611. The van der Waals surface area contributed by atoms with Crippen molar-refractivity contribution in [1.29, 1.82) is 0 Å². The number of fused-ring (bicyclic) bond motifs is 1. The van der Waals surface area contributed by atoms with Crippen LogP contribution < -0.4 is 5.73 Å². The van der Waals surface area contributed by atoms with E-state index in [4.69, 9.17) is 5.73 Å². The molecular weight excluding hydrogens is 258 g/mol. The lowest BCUT2D eigenvalue weighted by Gasteiger charge is -2.23. The summed E-state index contributed by atoms with van der Waals surface area (Å²) in [6.07, 6.45) is 0.370. The highest BCUT2D eigenvalue weighted by Gasteiger charge is 2.47. The van der Waals surface area contributed by atoms with Gasteiger partial charge in [-0.05, 0) is 24.6 Å². The van der Waals surface area contributed by atoms with Crippen molar-refractivity contribution >= 4 is 28.8 Å². The van der Waals surface area contributed by atoms with Crippen LogP contribution in [-0.2, 0) is 9.59 Å². The van der Waals surface area contributed by atoms with Crippen LogP contribution in [0.2, 0.25) is 0 Å². The lowest BCUT2D eigenvalue weighted by Crippen LogP contribution is -2.36. The number of rotatable bonds is 1. The Morgan fingerprint density at radius 3 is 2.40 bits per heavy atom. The Labute approximate surface area is 115 Å². The van der Waals surface area contributed by atoms with Gasteiger partial charge in [-0.15, -0.1) is 0 Å². The van der Waals surface area contributed by atoms with Crippen LogP contribution in [0, 0.1) is 11.8 Å². The number of nitrogens with two attached hydrogens (primary N) is 1. The molecule has 0 saturated heterocycles. The Kier molecular flexibility index (Phi) is 2.78. The molecule has 1 aromatic rings. The van der Waals surface area contributed by atoms with Gasteiger partial charge < -0.3 is 5.73 Å². The molecule has 102 valence electrons. The summed E-state index contributed by atoms with van der Waals surface area (Å²) < 4.78 is 0. The first-order chi connectivity index (χ1) is 9.49. The van der Waals surface area contributed by atoms with Crippen LogP contribution >= 0.6 is 0 Å². The summed E-state index contributed by atoms with van der Waals surface area (Å²) in [4.78, 5) is 47.9. The molecule has 5 heteroatoms. The third-order valence-corrected chi connectivity index (χ3v) is 4.06. The molecule has 2 N–H and O–H groups in total. The highest BCUT2D eigenvalue weighted by atomic mass is 16.2. The standard InChI is InChI=1S/C15H13NO4/c16-7-1-3-9-11(5-7)15(20)13(14(9)19)10-4-2-8(17)6-12(10)18/h1,3,5,10,13H,2,4,6,16H2. The fraction of sp³-hybridized carbons (Fsp3) is 0.333. The van der Waals surface area contributed by atoms with Crippen LogP contribution in [0.1, 0.15) is 40.0 Å². The van der Waals surface area contributed by atoms with Crippen molar-refractivity contribution in [3.05, 3.63) is 29.3 Å². The number of hydrogen-bond donors (Lipinski definition) is 1. The Balaban J connectivity index is 1.97. The highest BCUT2D eigenvalue weighted by molar-refractivity contribution is 6.28. The molecule has 3 rings (SSSR count). The van der Waals surface area contributed by atoms with E-state index in [9.17, 15) is 19.2 Å². The minimum atomic E-state index is -0.965. The minimum Gasteiger partial charge on any atom is -0.399 e. The molecule has 0 spiro atoms. The second-order valence-electron chi connectivity index (χ2n) is 5.34. The van der Waals surface area contributed by atoms with Crippen LogP contribution in [0.4, 0.5) is 5.69 Å². The summed E-state index contributed by atoms with van der Waals surface area (Å²) in [6.45, 7) is 0. The number of ketones is 4. The Hall–Kier alpha value is -2.30. The first-order valence-electron chi connectivity index (χ1n) is 6.51. The van der Waals surface area contributed by atoms with Gasteiger partial charge >= 0.3 is 0 Å². The van der Waals surface area contributed by atoms with Crippen LogP contribution in [0.3, 0.4) is 0 Å². The van der Waals surface area contributed by atoms with Crippen molar-refractivity contribution in [3.8, 4) is 0 Å². The van der Waals surface area contributed by atoms with Crippen LogP contribution in [-0.4, -0.2) is 23.1 Å². The summed E-state index contributed by atoms with van der Waals surface area (Å²) in [7, 11) is 0. The minimum absolute atomic E-state index is 0.120. The van der Waals surface area contributed by atoms with Crippen molar-refractivity contribution < 1.29 is 19.2 Å². The van der Waals surface area contributed by atoms with Crippen molar-refractivity contribution in [1.82, 2.24) is 0 Å². The average molecular weight is 271 g/mol. The van der Waals surface area contributed by atoms with Crippen molar-refractivity contribution in [2.45, 2.75) is 19.3 Å². The number of hydrogen-bond acceptors (Lipinski definition) is 5. The second kappa shape index (κ2) is 4.37. The largest absolute Gasteiger partial charge is 0.399 e. The molecule has 0 heterocycles. The molecule has 1 saturated carbocycles. The van der Waals surface area contributed by atoms with E-state index >= 15 is 0 Å². The van der Waals surface area contributed by atoms with E-state index < -0.39 is 11.8 Å². The predicted octanol–water partition coefficient (Wildman–Crippen LogP) is 1.20. The van der Waals surface area contributed by atoms with Gasteiger partial charge in [-0.2, -0.15) is 0 Å². The summed E-state index contributed by atoms with van der Waals surface area (Å²) >= 11 is 0. The first-order valence-corrected chi connectivity index (χ1v) is 6.51. The van der Waals surface area contributed by atoms with Gasteiger partial charge in [0.2, 0.25) is 0 Å². The molecule has 20 heavy (non-hydrogen) atoms. The molecule has 0 aliphatic heterocycles. The number of carbonyl (C=O) groups excluding carboxylic acids is 4. The molecular formula is C15H13NO4. The van der Waals surface area contributed by atoms with Gasteiger partial charge in [0, 0.05) is 29.2 Å². The lowest BCUT2D eigenvalue weighted by atomic mass is 9.76. The fourth-order valence-electron chi connectivity index (χ4n) is 3.04. The molecule has 5 nitrogen and oxygen atoms in total. The van der Waals surface area contributed by atoms with E-state index in [0.717, 1.165) is 0 Å². The molecule has 1 fully saturated rings. The van der Waals surface area contributed by atoms with Crippen molar-refractivity contribution in [2.75, 3.05) is 5.73 Å². The topological polar surface area (TPSA) is 94.3 Å². The Morgan fingerprint density at radius 2 is 1.70 bits per heavy atom. The number of nitrogen functional groups attached to an aromatic ring is 1. The smallest absolute Gasteiger partial charge is 0.175 e. The molecule has 2 unspecified atom stereocenters. The number of carbonyl (C=O) groups is 4. The molecule has 2 aliphatic rings. The molecule has 0 aromatic heterocycles. The van der Waals surface area contributed by atoms with Gasteiger partial charge in [-0.25, -0.2) is 0 Å². The SMILES string of the molecule is Nc1ccc2c(c1)C(=O)C(C1CCC(=O)CC1=O)C2=O. The average Bonchev–Trinajstić information content (AvgIpc) is 2.63. The van der Waals surface area contributed by atoms with E-state index in [2.05, 4.69) is 0 Å². The van der Waals surface area contributed by atoms with E-state index in [0.29, 0.717) is 16.8 Å². The van der Waals surface area contributed by atoms with Crippen molar-refractivity contribution in [3.63, 3.8) is 0 Å². The van der Waals surface area contributed by atoms with Gasteiger partial charge in [0.25, 0.3) is 0 Å². The zero-order chi connectivity index (χ0) is 14.4. The molecule has 0 radical (unpaired) electrons. The van der Waals surface area contributed by atoms with Gasteiger partial charge in [-0.3, -0.25) is 19.2 Å². The normalized spacial score (nSPS) is 26.0. The number of Topliss-reactive ketones (excluding diaryl/α,β-unsaturated/α-hetero) is 4. The molecule has 0 amide bonds. The molecule has 2 atom stereocenters. The summed E-state index contributed by atoms with van der Waals surface area (Å²) in [5, 5.41) is 0. The monoisotopic (exact) mass is 271 g/mol. The highest BCUT2D eigenvalue weighted by Crippen LogP contribution is 2.37. The summed E-state index contributed by atoms with van der Waals surface area (Å²) in [5.74, 6) is -2.71. The van der Waals surface area contributed by atoms with Gasteiger partial charge in [0.15, 0.2) is 11.6 Å². The molecule has 2 aliphatic carbocycles. The van der Waals surface area contributed by atoms with Crippen LogP contribution in [0.25, 0.3) is 0 Å². The van der Waals surface area contributed by atoms with Crippen molar-refractivity contribution in [2.24, 2.45) is 11.8 Å². The van der Waals surface area contributed by atoms with E-state index in [1.54, 1.807) is 6.07 Å². The second-order valence-corrected chi connectivity index (χ2v) is 5.34. The third-order valence-electron chi connectivity index (χ3n) is 4.06. The fourth-order valence-corrected chi connectivity index (χ4v) is 3.04. The summed E-state index contributed by atoms with van der Waals surface area (Å²) in [5.41, 5.74) is 6.67. The maximum atomic E-state index is 12.4. The maximum absolute atomic E-state index is 12.4. The summed E-state index contributed by atoms with van der Waals surface area (Å²) in [6, 6.07) is 4.58. The molecule has 0 bridgehead atoms. The zero-order valence-corrected chi connectivity index (χ0v) is 10.7. The third kappa shape index (κ3) is 1.78. The zero-order valence-electron chi connectivity index (χ0n) is 10.7. The van der Waals surface area contributed by atoms with E-state index in [-0.39, 0.29) is 42.4 Å². The van der Waals surface area contributed by atoms with Gasteiger partial charge in [-0.1, -0.05) is 0 Å². The number of benzene rings is 1. The lowest BCUT2D eigenvalue weighted by molar-refractivity contribution is -0.133. The first kappa shape index (κ1) is 12.7. The van der Waals surface area contributed by atoms with E-state index in [1.165, 1.54) is 12.1 Å². The van der Waals surface area contributed by atoms with Gasteiger partial charge in [0.05, 0.1) is 12.3 Å². The van der Waals surface area contributed by atoms with Crippen LogP contribution in [0.15, 0.2) is 18.2 Å². The van der Waals surface area contributed by atoms with E-state index in [1.807, 2.05) is 0 Å². The molecule has 1 aromatic carbocycles. The van der Waals surface area contributed by atoms with Gasteiger partial charge in [0.1, 0.15) is 11.6 Å². The Morgan fingerprint density at radius 1 is 1.00 bits per heavy atom.